The summed E-state index contributed by atoms with van der Waals surface area (Å²) < 4.78 is 6.45. The van der Waals surface area contributed by atoms with Crippen LogP contribution in [0.4, 0.5) is 5.69 Å². The van der Waals surface area contributed by atoms with Gasteiger partial charge in [-0.1, -0.05) is 36.7 Å². The summed E-state index contributed by atoms with van der Waals surface area (Å²) in [5, 5.41) is 3.47. The summed E-state index contributed by atoms with van der Waals surface area (Å²) >= 11 is 3.48. The van der Waals surface area contributed by atoms with E-state index in [9.17, 15) is 0 Å². The fraction of sp³-hybridized carbons (Fsp3) is 0.571. The van der Waals surface area contributed by atoms with Crippen LogP contribution in [-0.4, -0.2) is 13.7 Å². The maximum Gasteiger partial charge on any atom is 0.143 e. The van der Waals surface area contributed by atoms with Crippen LogP contribution in [0.5, 0.6) is 5.75 Å². The average Bonchev–Trinajstić information content (AvgIpc) is 2.18. The molecule has 1 aromatic rings. The minimum Gasteiger partial charge on any atom is -0.495 e. The summed E-state index contributed by atoms with van der Waals surface area (Å²) in [6.45, 7) is 9.80. The van der Waals surface area contributed by atoms with E-state index in [-0.39, 0.29) is 0 Å². The van der Waals surface area contributed by atoms with Gasteiger partial charge < -0.3 is 10.1 Å². The summed E-state index contributed by atoms with van der Waals surface area (Å²) in [4.78, 5) is 0. The van der Waals surface area contributed by atoms with Gasteiger partial charge in [0.25, 0.3) is 0 Å². The highest BCUT2D eigenvalue weighted by molar-refractivity contribution is 9.10. The Morgan fingerprint density at radius 2 is 1.94 bits per heavy atom. The molecule has 0 amide bonds. The molecule has 1 rings (SSSR count). The maximum atomic E-state index is 5.40. The second-order valence-corrected chi connectivity index (χ2v) is 6.45. The third kappa shape index (κ3) is 4.58. The monoisotopic (exact) mass is 299 g/mol. The lowest BCUT2D eigenvalue weighted by Gasteiger charge is -2.20. The molecule has 0 aromatic heterocycles. The molecular formula is C14H22BrNO. The normalized spacial score (nSPS) is 11.4. The molecule has 0 fully saturated rings. The second-order valence-electron chi connectivity index (χ2n) is 5.54. The minimum atomic E-state index is 0.351. The van der Waals surface area contributed by atoms with Crippen molar-refractivity contribution in [3.8, 4) is 5.75 Å². The highest BCUT2D eigenvalue weighted by Crippen LogP contribution is 2.32. The third-order valence-corrected chi connectivity index (χ3v) is 3.12. The van der Waals surface area contributed by atoms with Gasteiger partial charge in [0.1, 0.15) is 5.75 Å². The third-order valence-electron chi connectivity index (χ3n) is 2.66. The van der Waals surface area contributed by atoms with E-state index in [1.54, 1.807) is 7.11 Å². The van der Waals surface area contributed by atoms with E-state index in [0.717, 1.165) is 28.9 Å². The van der Waals surface area contributed by atoms with Crippen molar-refractivity contribution in [3.63, 3.8) is 0 Å². The molecule has 2 nitrogen and oxygen atoms in total. The van der Waals surface area contributed by atoms with E-state index in [4.69, 9.17) is 4.74 Å². The van der Waals surface area contributed by atoms with Crippen molar-refractivity contribution < 1.29 is 4.74 Å². The number of benzene rings is 1. The predicted octanol–water partition coefficient (Wildman–Crippen LogP) is 4.61. The first-order valence-corrected chi connectivity index (χ1v) is 6.71. The first-order chi connectivity index (χ1) is 7.83. The first kappa shape index (κ1) is 14.4. The van der Waals surface area contributed by atoms with Gasteiger partial charge in [0.2, 0.25) is 0 Å². The van der Waals surface area contributed by atoms with Crippen LogP contribution < -0.4 is 10.1 Å². The first-order valence-electron chi connectivity index (χ1n) is 5.91. The van der Waals surface area contributed by atoms with Crippen molar-refractivity contribution in [2.45, 2.75) is 34.1 Å². The zero-order valence-electron chi connectivity index (χ0n) is 11.4. The van der Waals surface area contributed by atoms with E-state index in [1.807, 2.05) is 6.07 Å². The van der Waals surface area contributed by atoms with Gasteiger partial charge in [0, 0.05) is 11.0 Å². The molecule has 1 aromatic carbocycles. The van der Waals surface area contributed by atoms with Crippen molar-refractivity contribution in [2.75, 3.05) is 19.0 Å². The topological polar surface area (TPSA) is 21.3 Å². The van der Waals surface area contributed by atoms with E-state index in [1.165, 1.54) is 5.56 Å². The number of halogens is 1. The molecule has 0 spiro atoms. The summed E-state index contributed by atoms with van der Waals surface area (Å²) in [6, 6.07) is 4.09. The van der Waals surface area contributed by atoms with Gasteiger partial charge in [0.05, 0.1) is 12.8 Å². The minimum absolute atomic E-state index is 0.351. The van der Waals surface area contributed by atoms with Gasteiger partial charge in [-0.05, 0) is 36.5 Å². The Labute approximate surface area is 113 Å². The van der Waals surface area contributed by atoms with Crippen molar-refractivity contribution in [1.82, 2.24) is 0 Å². The second kappa shape index (κ2) is 5.76. The van der Waals surface area contributed by atoms with Gasteiger partial charge in [-0.15, -0.1) is 0 Å². The zero-order chi connectivity index (χ0) is 13.1. The Morgan fingerprint density at radius 1 is 1.29 bits per heavy atom. The molecule has 17 heavy (non-hydrogen) atoms. The smallest absolute Gasteiger partial charge is 0.143 e. The summed E-state index contributed by atoms with van der Waals surface area (Å²) in [5.41, 5.74) is 2.65. The van der Waals surface area contributed by atoms with Crippen LogP contribution in [0.2, 0.25) is 0 Å². The standard InChI is InChI=1S/C14H22BrNO/c1-10-8-11(15)9-12(17-5)13(10)16-7-6-14(2,3)4/h8-9,16H,6-7H2,1-5H3. The molecule has 0 unspecified atom stereocenters. The number of hydrogen-bond donors (Lipinski definition) is 1. The van der Waals surface area contributed by atoms with Gasteiger partial charge >= 0.3 is 0 Å². The Balaban J connectivity index is 2.76. The van der Waals surface area contributed by atoms with Crippen LogP contribution in [0, 0.1) is 12.3 Å². The molecule has 0 aliphatic heterocycles. The van der Waals surface area contributed by atoms with Gasteiger partial charge in [0.15, 0.2) is 0 Å². The molecule has 1 N–H and O–H groups in total. The lowest BCUT2D eigenvalue weighted by Crippen LogP contribution is -2.13. The number of methoxy groups -OCH3 is 1. The van der Waals surface area contributed by atoms with Crippen LogP contribution in [0.25, 0.3) is 0 Å². The molecule has 0 heterocycles. The molecule has 0 radical (unpaired) electrons. The Bertz CT molecular complexity index is 383. The van der Waals surface area contributed by atoms with Crippen LogP contribution in [0.15, 0.2) is 16.6 Å². The van der Waals surface area contributed by atoms with E-state index in [2.05, 4.69) is 55.0 Å². The van der Waals surface area contributed by atoms with E-state index in [0.29, 0.717) is 5.41 Å². The van der Waals surface area contributed by atoms with E-state index >= 15 is 0 Å². The van der Waals surface area contributed by atoms with Crippen molar-refractivity contribution in [2.24, 2.45) is 5.41 Å². The maximum absolute atomic E-state index is 5.40. The largest absolute Gasteiger partial charge is 0.495 e. The lowest BCUT2D eigenvalue weighted by molar-refractivity contribution is 0.388. The van der Waals surface area contributed by atoms with E-state index < -0.39 is 0 Å². The Hall–Kier alpha value is -0.700. The zero-order valence-corrected chi connectivity index (χ0v) is 12.9. The SMILES string of the molecule is COc1cc(Br)cc(C)c1NCCC(C)(C)C. The van der Waals surface area contributed by atoms with Crippen molar-refractivity contribution in [1.29, 1.82) is 0 Å². The van der Waals surface area contributed by atoms with Crippen molar-refractivity contribution >= 4 is 21.6 Å². The van der Waals surface area contributed by atoms with Crippen LogP contribution >= 0.6 is 15.9 Å². The predicted molar refractivity (Wildman–Crippen MR) is 78.0 cm³/mol. The summed E-state index contributed by atoms with van der Waals surface area (Å²) in [6.07, 6.45) is 1.13. The van der Waals surface area contributed by atoms with Crippen LogP contribution in [0.1, 0.15) is 32.8 Å². The van der Waals surface area contributed by atoms with Gasteiger partial charge in [-0.2, -0.15) is 0 Å². The number of hydrogen-bond acceptors (Lipinski definition) is 2. The Morgan fingerprint density at radius 3 is 2.47 bits per heavy atom. The van der Waals surface area contributed by atoms with Crippen LogP contribution in [0.3, 0.4) is 0 Å². The molecule has 0 aliphatic rings. The molecule has 3 heteroatoms. The molecular weight excluding hydrogens is 278 g/mol. The molecule has 0 saturated carbocycles. The number of anilines is 1. The number of aryl methyl sites for hydroxylation is 1. The summed E-state index contributed by atoms with van der Waals surface area (Å²) in [5.74, 6) is 0.894. The van der Waals surface area contributed by atoms with Gasteiger partial charge in [-0.25, -0.2) is 0 Å². The molecule has 96 valence electrons. The highest BCUT2D eigenvalue weighted by Gasteiger charge is 2.11. The number of nitrogens with one attached hydrogen (secondary N) is 1. The lowest BCUT2D eigenvalue weighted by atomic mass is 9.92. The molecule has 0 aliphatic carbocycles. The van der Waals surface area contributed by atoms with Gasteiger partial charge in [-0.3, -0.25) is 0 Å². The van der Waals surface area contributed by atoms with Crippen LogP contribution in [-0.2, 0) is 0 Å². The fourth-order valence-electron chi connectivity index (χ4n) is 1.66. The number of ether oxygens (including phenoxy) is 1. The quantitative estimate of drug-likeness (QED) is 0.876. The molecule has 0 saturated heterocycles. The summed E-state index contributed by atoms with van der Waals surface area (Å²) in [7, 11) is 1.70. The molecule has 0 atom stereocenters. The Kier molecular flexibility index (Phi) is 4.87. The highest BCUT2D eigenvalue weighted by atomic mass is 79.9. The van der Waals surface area contributed by atoms with Crippen molar-refractivity contribution in [3.05, 3.63) is 22.2 Å². The molecule has 0 bridgehead atoms. The average molecular weight is 300 g/mol. The fourth-order valence-corrected chi connectivity index (χ4v) is 2.21. The number of rotatable bonds is 4.